The molecule has 1 unspecified atom stereocenters. The van der Waals surface area contributed by atoms with Crippen LogP contribution in [-0.4, -0.2) is 34.2 Å². The molecule has 0 saturated carbocycles. The quantitative estimate of drug-likeness (QED) is 0.903. The summed E-state index contributed by atoms with van der Waals surface area (Å²) in [5.74, 6) is 0. The Morgan fingerprint density at radius 3 is 2.60 bits per heavy atom. The van der Waals surface area contributed by atoms with Gasteiger partial charge in [-0.1, -0.05) is 30.3 Å². The molecule has 3 rings (SSSR count). The predicted octanol–water partition coefficient (Wildman–Crippen LogP) is 1.88. The first-order valence-electron chi connectivity index (χ1n) is 6.73. The Labute approximate surface area is 119 Å². The average molecular weight is 269 g/mol. The lowest BCUT2D eigenvalue weighted by molar-refractivity contribution is -0.172. The molecular weight excluding hydrogens is 250 g/mol. The van der Waals surface area contributed by atoms with Crippen LogP contribution < -0.4 is 0 Å². The zero-order chi connectivity index (χ0) is 14.3. The Morgan fingerprint density at radius 1 is 1.15 bits per heavy atom. The van der Waals surface area contributed by atoms with E-state index in [0.717, 1.165) is 16.8 Å². The Bertz CT molecular complexity index is 641. The molecule has 0 fully saturated rings. The van der Waals surface area contributed by atoms with Crippen molar-refractivity contribution in [2.75, 3.05) is 14.1 Å². The molecule has 4 heteroatoms. The van der Waals surface area contributed by atoms with Gasteiger partial charge in [0, 0.05) is 31.9 Å². The fourth-order valence-electron chi connectivity index (χ4n) is 2.85. The van der Waals surface area contributed by atoms with Crippen molar-refractivity contribution in [1.82, 2.24) is 15.0 Å². The van der Waals surface area contributed by atoms with Crippen molar-refractivity contribution < 1.29 is 5.11 Å². The standard InChI is InChI=1S/C16H19N3O/c1-12-7-6-10-15(17-12)16(20)14-9-5-4-8-13(14)11-19(16)18(2)3/h4-10,20H,11H2,1-3H3. The minimum Gasteiger partial charge on any atom is -0.365 e. The highest BCUT2D eigenvalue weighted by atomic mass is 16.3. The van der Waals surface area contributed by atoms with Gasteiger partial charge in [-0.05, 0) is 24.6 Å². The number of hydrogen-bond donors (Lipinski definition) is 1. The summed E-state index contributed by atoms with van der Waals surface area (Å²) < 4.78 is 0. The van der Waals surface area contributed by atoms with Crippen LogP contribution in [0.15, 0.2) is 42.5 Å². The van der Waals surface area contributed by atoms with E-state index in [9.17, 15) is 5.11 Å². The van der Waals surface area contributed by atoms with E-state index in [1.165, 1.54) is 0 Å². The van der Waals surface area contributed by atoms with Gasteiger partial charge < -0.3 is 5.11 Å². The van der Waals surface area contributed by atoms with E-state index in [-0.39, 0.29) is 0 Å². The molecule has 1 aromatic carbocycles. The molecule has 0 bridgehead atoms. The third-order valence-electron chi connectivity index (χ3n) is 3.81. The summed E-state index contributed by atoms with van der Waals surface area (Å²) in [7, 11) is 3.87. The molecule has 1 atom stereocenters. The maximum atomic E-state index is 11.4. The SMILES string of the molecule is Cc1cccc(C2(O)c3ccccc3CN2N(C)C)n1. The molecule has 0 spiro atoms. The second kappa shape index (κ2) is 4.66. The van der Waals surface area contributed by atoms with Gasteiger partial charge in [0.25, 0.3) is 0 Å². The van der Waals surface area contributed by atoms with Crippen LogP contribution >= 0.6 is 0 Å². The van der Waals surface area contributed by atoms with Gasteiger partial charge in [-0.2, -0.15) is 5.01 Å². The highest BCUT2D eigenvalue weighted by molar-refractivity contribution is 5.42. The minimum absolute atomic E-state index is 0.663. The number of aryl methyl sites for hydroxylation is 1. The maximum absolute atomic E-state index is 11.4. The van der Waals surface area contributed by atoms with Crippen LogP contribution in [0.1, 0.15) is 22.5 Å². The molecule has 4 nitrogen and oxygen atoms in total. The first-order valence-corrected chi connectivity index (χ1v) is 6.73. The normalized spacial score (nSPS) is 22.2. The summed E-state index contributed by atoms with van der Waals surface area (Å²) in [6, 6.07) is 13.7. The van der Waals surface area contributed by atoms with Crippen LogP contribution in [0.3, 0.4) is 0 Å². The van der Waals surface area contributed by atoms with E-state index in [1.807, 2.05) is 67.4 Å². The lowest BCUT2D eigenvalue weighted by Gasteiger charge is -2.37. The number of hydrazine groups is 1. The summed E-state index contributed by atoms with van der Waals surface area (Å²) in [5, 5.41) is 15.2. The number of fused-ring (bicyclic) bond motifs is 1. The topological polar surface area (TPSA) is 39.6 Å². The second-order valence-electron chi connectivity index (χ2n) is 5.40. The summed E-state index contributed by atoms with van der Waals surface area (Å²) >= 11 is 0. The molecular formula is C16H19N3O. The predicted molar refractivity (Wildman–Crippen MR) is 77.6 cm³/mol. The van der Waals surface area contributed by atoms with Crippen molar-refractivity contribution in [2.45, 2.75) is 19.2 Å². The number of nitrogens with zero attached hydrogens (tertiary/aromatic N) is 3. The van der Waals surface area contributed by atoms with Crippen LogP contribution in [0.25, 0.3) is 0 Å². The highest BCUT2D eigenvalue weighted by Gasteiger charge is 2.47. The zero-order valence-electron chi connectivity index (χ0n) is 12.0. The molecule has 1 N–H and O–H groups in total. The fourth-order valence-corrected chi connectivity index (χ4v) is 2.85. The van der Waals surface area contributed by atoms with Crippen molar-refractivity contribution >= 4 is 0 Å². The van der Waals surface area contributed by atoms with Crippen molar-refractivity contribution in [1.29, 1.82) is 0 Å². The van der Waals surface area contributed by atoms with E-state index < -0.39 is 5.72 Å². The maximum Gasteiger partial charge on any atom is 0.201 e. The fraction of sp³-hybridized carbons (Fsp3) is 0.312. The highest BCUT2D eigenvalue weighted by Crippen LogP contribution is 2.41. The largest absolute Gasteiger partial charge is 0.365 e. The van der Waals surface area contributed by atoms with Crippen molar-refractivity contribution in [3.63, 3.8) is 0 Å². The molecule has 104 valence electrons. The minimum atomic E-state index is -1.20. The monoisotopic (exact) mass is 269 g/mol. The van der Waals surface area contributed by atoms with E-state index in [1.54, 1.807) is 0 Å². The van der Waals surface area contributed by atoms with Gasteiger partial charge in [-0.25, -0.2) is 5.01 Å². The Kier molecular flexibility index (Phi) is 3.09. The van der Waals surface area contributed by atoms with Crippen molar-refractivity contribution in [3.8, 4) is 0 Å². The molecule has 1 aromatic heterocycles. The molecule has 0 saturated heterocycles. The Morgan fingerprint density at radius 2 is 1.90 bits per heavy atom. The molecule has 2 aromatic rings. The summed E-state index contributed by atoms with van der Waals surface area (Å²) in [5.41, 5.74) is 2.40. The summed E-state index contributed by atoms with van der Waals surface area (Å²) in [4.78, 5) is 4.54. The van der Waals surface area contributed by atoms with Gasteiger partial charge in [-0.3, -0.25) is 4.98 Å². The van der Waals surface area contributed by atoms with E-state index >= 15 is 0 Å². The van der Waals surface area contributed by atoms with Gasteiger partial charge in [0.2, 0.25) is 5.72 Å². The van der Waals surface area contributed by atoms with Crippen LogP contribution in [0, 0.1) is 6.92 Å². The van der Waals surface area contributed by atoms with Gasteiger partial charge >= 0.3 is 0 Å². The van der Waals surface area contributed by atoms with Crippen LogP contribution in [0.5, 0.6) is 0 Å². The van der Waals surface area contributed by atoms with Crippen LogP contribution in [0.4, 0.5) is 0 Å². The molecule has 20 heavy (non-hydrogen) atoms. The van der Waals surface area contributed by atoms with Crippen molar-refractivity contribution in [3.05, 3.63) is 65.0 Å². The number of hydrogen-bond acceptors (Lipinski definition) is 4. The van der Waals surface area contributed by atoms with E-state index in [0.29, 0.717) is 12.2 Å². The first kappa shape index (κ1) is 13.2. The van der Waals surface area contributed by atoms with Crippen LogP contribution in [0.2, 0.25) is 0 Å². The summed E-state index contributed by atoms with van der Waals surface area (Å²) in [6.07, 6.45) is 0. The first-order chi connectivity index (χ1) is 9.53. The number of aromatic nitrogens is 1. The molecule has 0 aliphatic carbocycles. The lowest BCUT2D eigenvalue weighted by Crippen LogP contribution is -2.49. The number of benzene rings is 1. The average Bonchev–Trinajstić information content (AvgIpc) is 2.74. The second-order valence-corrected chi connectivity index (χ2v) is 5.40. The Hall–Kier alpha value is -1.75. The van der Waals surface area contributed by atoms with Crippen molar-refractivity contribution in [2.24, 2.45) is 0 Å². The third kappa shape index (κ3) is 1.85. The Balaban J connectivity index is 2.21. The van der Waals surface area contributed by atoms with Gasteiger partial charge in [0.05, 0.1) is 5.69 Å². The number of rotatable bonds is 2. The molecule has 2 heterocycles. The smallest absolute Gasteiger partial charge is 0.201 e. The van der Waals surface area contributed by atoms with Gasteiger partial charge in [-0.15, -0.1) is 0 Å². The van der Waals surface area contributed by atoms with Gasteiger partial charge in [0.1, 0.15) is 0 Å². The van der Waals surface area contributed by atoms with E-state index in [2.05, 4.69) is 11.1 Å². The van der Waals surface area contributed by atoms with Gasteiger partial charge in [0.15, 0.2) is 0 Å². The molecule has 1 aliphatic rings. The summed E-state index contributed by atoms with van der Waals surface area (Å²) in [6.45, 7) is 2.61. The zero-order valence-corrected chi connectivity index (χ0v) is 12.0. The molecule has 0 amide bonds. The van der Waals surface area contributed by atoms with Crippen LogP contribution in [-0.2, 0) is 12.3 Å². The third-order valence-corrected chi connectivity index (χ3v) is 3.81. The van der Waals surface area contributed by atoms with E-state index in [4.69, 9.17) is 0 Å². The molecule has 0 radical (unpaired) electrons. The molecule has 1 aliphatic heterocycles. The number of aliphatic hydroxyl groups is 1. The number of pyridine rings is 1. The lowest BCUT2D eigenvalue weighted by atomic mass is 9.98.